The molecule has 0 saturated carbocycles. The van der Waals surface area contributed by atoms with Gasteiger partial charge in [0.25, 0.3) is 0 Å². The van der Waals surface area contributed by atoms with Crippen molar-refractivity contribution in [2.45, 2.75) is 24.8 Å². The predicted octanol–water partition coefficient (Wildman–Crippen LogP) is 5.26. The Morgan fingerprint density at radius 2 is 2.17 bits per heavy atom. The van der Waals surface area contributed by atoms with Crippen molar-refractivity contribution in [1.82, 2.24) is 9.97 Å². The Balaban J connectivity index is 1.93. The SMILES string of the molecule is Cc1nc(SCC(C#N)CCC#N)c2c(-c3cccs3)csc2n1. The number of aryl methyl sites for hydroxylation is 1. The number of nitriles is 2. The molecule has 0 bridgehead atoms. The number of fused-ring (bicyclic) bond motifs is 1. The maximum absolute atomic E-state index is 9.26. The number of aromatic nitrogens is 2. The number of rotatable bonds is 6. The van der Waals surface area contributed by atoms with Gasteiger partial charge in [0.05, 0.1) is 23.4 Å². The molecule has 1 atom stereocenters. The van der Waals surface area contributed by atoms with E-state index in [9.17, 15) is 5.26 Å². The molecule has 3 aromatic rings. The van der Waals surface area contributed by atoms with E-state index in [1.54, 1.807) is 34.4 Å². The number of nitrogens with zero attached hydrogens (tertiary/aromatic N) is 4. The van der Waals surface area contributed by atoms with E-state index in [-0.39, 0.29) is 5.92 Å². The van der Waals surface area contributed by atoms with Crippen LogP contribution < -0.4 is 0 Å². The highest BCUT2D eigenvalue weighted by atomic mass is 32.2. The van der Waals surface area contributed by atoms with Gasteiger partial charge in [-0.1, -0.05) is 6.07 Å². The summed E-state index contributed by atoms with van der Waals surface area (Å²) in [4.78, 5) is 11.4. The van der Waals surface area contributed by atoms with E-state index in [0.29, 0.717) is 18.6 Å². The van der Waals surface area contributed by atoms with Gasteiger partial charge >= 0.3 is 0 Å². The molecule has 0 aromatic carbocycles. The van der Waals surface area contributed by atoms with Crippen LogP contribution in [-0.2, 0) is 0 Å². The first kappa shape index (κ1) is 16.9. The number of hydrogen-bond acceptors (Lipinski definition) is 7. The number of hydrogen-bond donors (Lipinski definition) is 0. The van der Waals surface area contributed by atoms with Crippen molar-refractivity contribution in [1.29, 1.82) is 10.5 Å². The lowest BCUT2D eigenvalue weighted by molar-refractivity contribution is 0.685. The van der Waals surface area contributed by atoms with E-state index in [0.717, 1.165) is 26.6 Å². The average molecular weight is 371 g/mol. The third kappa shape index (κ3) is 3.59. The molecule has 0 spiro atoms. The Hall–Kier alpha value is -1.93. The molecule has 4 nitrogen and oxygen atoms in total. The second kappa shape index (κ2) is 7.76. The van der Waals surface area contributed by atoms with Gasteiger partial charge in [-0.3, -0.25) is 0 Å². The normalized spacial score (nSPS) is 12.0. The highest BCUT2D eigenvalue weighted by Gasteiger charge is 2.17. The fourth-order valence-corrected chi connectivity index (χ4v) is 5.35. The summed E-state index contributed by atoms with van der Waals surface area (Å²) in [6, 6.07) is 8.55. The number of thioether (sulfide) groups is 1. The van der Waals surface area contributed by atoms with Gasteiger partial charge in [0, 0.05) is 28.0 Å². The van der Waals surface area contributed by atoms with Crippen LogP contribution in [0.4, 0.5) is 0 Å². The molecule has 3 rings (SSSR count). The summed E-state index contributed by atoms with van der Waals surface area (Å²) < 4.78 is 0. The summed E-state index contributed by atoms with van der Waals surface area (Å²) in [7, 11) is 0. The topological polar surface area (TPSA) is 73.4 Å². The molecule has 7 heteroatoms. The van der Waals surface area contributed by atoms with Gasteiger partial charge in [0.2, 0.25) is 0 Å². The van der Waals surface area contributed by atoms with Crippen LogP contribution in [0.1, 0.15) is 18.7 Å². The van der Waals surface area contributed by atoms with E-state index < -0.39 is 0 Å². The van der Waals surface area contributed by atoms with Crippen molar-refractivity contribution in [3.8, 4) is 22.6 Å². The first-order valence-electron chi connectivity index (χ1n) is 7.42. The van der Waals surface area contributed by atoms with Crippen molar-refractivity contribution in [3.63, 3.8) is 0 Å². The molecule has 24 heavy (non-hydrogen) atoms. The van der Waals surface area contributed by atoms with Crippen molar-refractivity contribution in [2.75, 3.05) is 5.75 Å². The Morgan fingerprint density at radius 3 is 2.88 bits per heavy atom. The molecule has 0 fully saturated rings. The zero-order valence-electron chi connectivity index (χ0n) is 13.0. The predicted molar refractivity (Wildman–Crippen MR) is 100 cm³/mol. The summed E-state index contributed by atoms with van der Waals surface area (Å²) in [5.41, 5.74) is 1.16. The van der Waals surface area contributed by atoms with Crippen LogP contribution in [0.15, 0.2) is 27.9 Å². The lowest BCUT2D eigenvalue weighted by Gasteiger charge is -2.08. The van der Waals surface area contributed by atoms with Gasteiger partial charge in [-0.15, -0.1) is 34.4 Å². The largest absolute Gasteiger partial charge is 0.226 e. The second-order valence-electron chi connectivity index (χ2n) is 5.22. The molecule has 0 saturated heterocycles. The van der Waals surface area contributed by atoms with Gasteiger partial charge < -0.3 is 0 Å². The maximum Gasteiger partial charge on any atom is 0.128 e. The molecule has 0 radical (unpaired) electrons. The summed E-state index contributed by atoms with van der Waals surface area (Å²) >= 11 is 4.92. The first-order valence-corrected chi connectivity index (χ1v) is 10.2. The molecule has 0 amide bonds. The lowest BCUT2D eigenvalue weighted by atomic mass is 10.1. The van der Waals surface area contributed by atoms with Crippen LogP contribution >= 0.6 is 34.4 Å². The molecule has 0 aliphatic heterocycles. The van der Waals surface area contributed by atoms with Gasteiger partial charge in [-0.25, -0.2) is 9.97 Å². The summed E-state index contributed by atoms with van der Waals surface area (Å²) in [6.07, 6.45) is 1.02. The smallest absolute Gasteiger partial charge is 0.128 e. The van der Waals surface area contributed by atoms with Crippen LogP contribution in [0, 0.1) is 35.5 Å². The molecule has 3 aromatic heterocycles. The molecule has 120 valence electrons. The maximum atomic E-state index is 9.26. The minimum Gasteiger partial charge on any atom is -0.226 e. The monoisotopic (exact) mass is 370 g/mol. The lowest BCUT2D eigenvalue weighted by Crippen LogP contribution is -2.01. The van der Waals surface area contributed by atoms with Gasteiger partial charge in [0.15, 0.2) is 0 Å². The Labute approximate surface area is 152 Å². The third-order valence-electron chi connectivity index (χ3n) is 3.51. The zero-order valence-corrected chi connectivity index (χ0v) is 15.5. The van der Waals surface area contributed by atoms with Gasteiger partial charge in [0.1, 0.15) is 15.7 Å². The third-order valence-corrected chi connectivity index (χ3v) is 6.42. The van der Waals surface area contributed by atoms with E-state index in [1.165, 1.54) is 4.88 Å². The molecule has 1 unspecified atom stereocenters. The highest BCUT2D eigenvalue weighted by molar-refractivity contribution is 7.99. The van der Waals surface area contributed by atoms with Crippen molar-refractivity contribution < 1.29 is 0 Å². The van der Waals surface area contributed by atoms with E-state index in [1.807, 2.05) is 13.0 Å². The van der Waals surface area contributed by atoms with Crippen LogP contribution in [-0.4, -0.2) is 15.7 Å². The van der Waals surface area contributed by atoms with Crippen LogP contribution in [0.2, 0.25) is 0 Å². The van der Waals surface area contributed by atoms with Gasteiger partial charge in [-0.2, -0.15) is 10.5 Å². The van der Waals surface area contributed by atoms with Crippen LogP contribution in [0.3, 0.4) is 0 Å². The minimum absolute atomic E-state index is 0.135. The molecular weight excluding hydrogens is 356 g/mol. The fraction of sp³-hybridized carbons (Fsp3) is 0.294. The van der Waals surface area contributed by atoms with Gasteiger partial charge in [-0.05, 0) is 24.8 Å². The zero-order chi connectivity index (χ0) is 16.9. The van der Waals surface area contributed by atoms with Crippen LogP contribution in [0.25, 0.3) is 20.7 Å². The Morgan fingerprint density at radius 1 is 1.29 bits per heavy atom. The quantitative estimate of drug-likeness (QED) is 0.437. The second-order valence-corrected chi connectivity index (χ2v) is 8.03. The summed E-state index contributed by atoms with van der Waals surface area (Å²) in [5.74, 6) is 1.25. The number of thiophene rings is 2. The molecule has 3 heterocycles. The van der Waals surface area contributed by atoms with E-state index in [4.69, 9.17) is 5.26 Å². The van der Waals surface area contributed by atoms with Crippen molar-refractivity contribution >= 4 is 44.7 Å². The molecule has 0 aliphatic rings. The van der Waals surface area contributed by atoms with Crippen molar-refractivity contribution in [3.05, 3.63) is 28.7 Å². The molecule has 0 aliphatic carbocycles. The Kier molecular flexibility index (Phi) is 5.47. The minimum atomic E-state index is -0.135. The van der Waals surface area contributed by atoms with Crippen LogP contribution in [0.5, 0.6) is 0 Å². The fourth-order valence-electron chi connectivity index (χ4n) is 2.33. The Bertz CT molecular complexity index is 916. The first-order chi connectivity index (χ1) is 11.7. The molecule has 0 N–H and O–H groups in total. The summed E-state index contributed by atoms with van der Waals surface area (Å²) in [6.45, 7) is 1.89. The highest BCUT2D eigenvalue weighted by Crippen LogP contribution is 2.40. The average Bonchev–Trinajstić information content (AvgIpc) is 3.23. The van der Waals surface area contributed by atoms with Crippen molar-refractivity contribution in [2.24, 2.45) is 5.92 Å². The summed E-state index contributed by atoms with van der Waals surface area (Å²) in [5, 5.41) is 24.2. The van der Waals surface area contributed by atoms with E-state index in [2.05, 4.69) is 38.9 Å². The van der Waals surface area contributed by atoms with E-state index >= 15 is 0 Å². The molecular formula is C17H14N4S3. The standard InChI is InChI=1S/C17H14N4S3/c1-11-20-16(23-9-12(8-19)4-2-6-18)15-13(10-24-17(15)21-11)14-5-3-7-22-14/h3,5,7,10,12H,2,4,9H2,1H3.